The zero-order valence-corrected chi connectivity index (χ0v) is 18.7. The van der Waals surface area contributed by atoms with E-state index < -0.39 is 0 Å². The number of thioether (sulfide) groups is 1. The molecule has 160 valence electrons. The first kappa shape index (κ1) is 21.2. The number of nitrogens with one attached hydrogen (secondary N) is 1. The lowest BCUT2D eigenvalue weighted by Gasteiger charge is -2.27. The predicted molar refractivity (Wildman–Crippen MR) is 122 cm³/mol. The van der Waals surface area contributed by atoms with Crippen molar-refractivity contribution in [2.24, 2.45) is 0 Å². The zero-order chi connectivity index (χ0) is 20.9. The van der Waals surface area contributed by atoms with Crippen LogP contribution < -0.4 is 5.32 Å². The molecule has 1 heterocycles. The Morgan fingerprint density at radius 1 is 1.23 bits per heavy atom. The number of amides is 1. The lowest BCUT2D eigenvalue weighted by molar-refractivity contribution is -0.121. The molecular formula is C24H32N4OS. The molecule has 2 aromatic rings. The molecule has 0 unspecified atom stereocenters. The molecule has 1 saturated carbocycles. The fraction of sp³-hybridized carbons (Fsp3) is 0.542. The largest absolute Gasteiger partial charge is 0.348 e. The molecule has 1 fully saturated rings. The summed E-state index contributed by atoms with van der Waals surface area (Å²) in [5.41, 5.74) is 2.63. The van der Waals surface area contributed by atoms with Gasteiger partial charge in [-0.25, -0.2) is 0 Å². The van der Waals surface area contributed by atoms with Crippen molar-refractivity contribution >= 4 is 17.7 Å². The van der Waals surface area contributed by atoms with Gasteiger partial charge in [-0.3, -0.25) is 4.79 Å². The Morgan fingerprint density at radius 2 is 2.03 bits per heavy atom. The van der Waals surface area contributed by atoms with E-state index in [1.807, 2.05) is 13.0 Å². The van der Waals surface area contributed by atoms with Gasteiger partial charge in [-0.15, -0.1) is 16.8 Å². The Kier molecular flexibility index (Phi) is 6.93. The normalized spacial score (nSPS) is 20.4. The standard InChI is InChI=1S/C24H32N4OS/c1-3-16-28-22(19-11-5-4-6-12-19)26-27-24(28)30-17(2)23(29)25-21-15-9-13-18-10-7-8-14-20(18)21/h3,7-8,10,14,17,19,21H,1,4-6,9,11-13,15-16H2,2H3,(H,25,29)/t17-,21-/m1/s1. The maximum Gasteiger partial charge on any atom is 0.233 e. The van der Waals surface area contributed by atoms with Crippen LogP contribution in [0.4, 0.5) is 0 Å². The predicted octanol–water partition coefficient (Wildman–Crippen LogP) is 5.19. The average Bonchev–Trinajstić information content (AvgIpc) is 3.17. The van der Waals surface area contributed by atoms with Gasteiger partial charge in [0.2, 0.25) is 5.91 Å². The molecule has 1 N–H and O–H groups in total. The Bertz CT molecular complexity index is 887. The topological polar surface area (TPSA) is 59.8 Å². The summed E-state index contributed by atoms with van der Waals surface area (Å²) in [6.45, 7) is 6.56. The van der Waals surface area contributed by atoms with Crippen LogP contribution in [0.15, 0.2) is 42.1 Å². The van der Waals surface area contributed by atoms with E-state index in [9.17, 15) is 4.79 Å². The van der Waals surface area contributed by atoms with Crippen molar-refractivity contribution in [2.75, 3.05) is 0 Å². The van der Waals surface area contributed by atoms with Gasteiger partial charge in [0.1, 0.15) is 5.82 Å². The van der Waals surface area contributed by atoms with E-state index in [1.165, 1.54) is 55.0 Å². The number of aryl methyl sites for hydroxylation is 1. The molecule has 5 nitrogen and oxygen atoms in total. The number of hydrogen-bond donors (Lipinski definition) is 1. The Morgan fingerprint density at radius 3 is 2.83 bits per heavy atom. The van der Waals surface area contributed by atoms with Crippen molar-refractivity contribution in [3.63, 3.8) is 0 Å². The molecule has 30 heavy (non-hydrogen) atoms. The highest BCUT2D eigenvalue weighted by molar-refractivity contribution is 8.00. The minimum Gasteiger partial charge on any atom is -0.348 e. The van der Waals surface area contributed by atoms with Crippen molar-refractivity contribution in [1.29, 1.82) is 0 Å². The lowest BCUT2D eigenvalue weighted by Crippen LogP contribution is -2.36. The second-order valence-electron chi connectivity index (χ2n) is 8.49. The number of carbonyl (C=O) groups is 1. The van der Waals surface area contributed by atoms with Gasteiger partial charge in [-0.2, -0.15) is 0 Å². The van der Waals surface area contributed by atoms with Crippen LogP contribution in [0.3, 0.4) is 0 Å². The van der Waals surface area contributed by atoms with E-state index >= 15 is 0 Å². The Hall–Kier alpha value is -2.08. The van der Waals surface area contributed by atoms with Crippen LogP contribution in [-0.4, -0.2) is 25.9 Å². The molecule has 0 spiro atoms. The van der Waals surface area contributed by atoms with Crippen LogP contribution in [0, 0.1) is 0 Å². The molecule has 0 aliphatic heterocycles. The highest BCUT2D eigenvalue weighted by Gasteiger charge is 2.27. The average molecular weight is 425 g/mol. The minimum atomic E-state index is -0.231. The van der Waals surface area contributed by atoms with Crippen LogP contribution in [-0.2, 0) is 17.8 Å². The summed E-state index contributed by atoms with van der Waals surface area (Å²) in [6, 6.07) is 8.57. The Balaban J connectivity index is 1.44. The summed E-state index contributed by atoms with van der Waals surface area (Å²) >= 11 is 1.50. The van der Waals surface area contributed by atoms with Crippen molar-refractivity contribution in [3.05, 3.63) is 53.9 Å². The highest BCUT2D eigenvalue weighted by Crippen LogP contribution is 2.34. The van der Waals surface area contributed by atoms with Crippen molar-refractivity contribution in [1.82, 2.24) is 20.1 Å². The van der Waals surface area contributed by atoms with E-state index in [1.54, 1.807) is 0 Å². The van der Waals surface area contributed by atoms with Crippen LogP contribution in [0.2, 0.25) is 0 Å². The van der Waals surface area contributed by atoms with Gasteiger partial charge in [0.05, 0.1) is 11.3 Å². The highest BCUT2D eigenvalue weighted by atomic mass is 32.2. The number of allylic oxidation sites excluding steroid dienone is 1. The van der Waals surface area contributed by atoms with E-state index in [-0.39, 0.29) is 17.2 Å². The second kappa shape index (κ2) is 9.82. The van der Waals surface area contributed by atoms with Crippen molar-refractivity contribution in [2.45, 2.75) is 87.2 Å². The third kappa shape index (κ3) is 4.64. The van der Waals surface area contributed by atoms with Gasteiger partial charge < -0.3 is 9.88 Å². The number of aromatic nitrogens is 3. The molecular weight excluding hydrogens is 392 g/mol. The molecule has 2 aliphatic carbocycles. The molecule has 4 rings (SSSR count). The Labute approximate surface area is 183 Å². The SMILES string of the molecule is C=CCn1c(S[C@H](C)C(=O)N[C@@H]2CCCc3ccccc32)nnc1C1CCCCC1. The molecule has 1 aromatic heterocycles. The van der Waals surface area contributed by atoms with Gasteiger partial charge in [-0.1, -0.05) is 61.4 Å². The quantitative estimate of drug-likeness (QED) is 0.491. The lowest BCUT2D eigenvalue weighted by atomic mass is 9.88. The maximum atomic E-state index is 13.0. The first-order valence-electron chi connectivity index (χ1n) is 11.3. The van der Waals surface area contributed by atoms with Crippen LogP contribution in [0.25, 0.3) is 0 Å². The third-order valence-corrected chi connectivity index (χ3v) is 7.45. The molecule has 6 heteroatoms. The van der Waals surface area contributed by atoms with E-state index in [0.29, 0.717) is 12.5 Å². The molecule has 1 aromatic carbocycles. The summed E-state index contributed by atoms with van der Waals surface area (Å²) in [5, 5.41) is 12.9. The molecule has 0 bridgehead atoms. The molecule has 1 amide bonds. The smallest absolute Gasteiger partial charge is 0.233 e. The zero-order valence-electron chi connectivity index (χ0n) is 17.8. The molecule has 2 aliphatic rings. The number of nitrogens with zero attached hydrogens (tertiary/aromatic N) is 3. The summed E-state index contributed by atoms with van der Waals surface area (Å²) in [4.78, 5) is 13.0. The van der Waals surface area contributed by atoms with E-state index in [2.05, 4.69) is 50.9 Å². The molecule has 2 atom stereocenters. The second-order valence-corrected chi connectivity index (χ2v) is 9.80. The summed E-state index contributed by atoms with van der Waals surface area (Å²) < 4.78 is 2.16. The number of hydrogen-bond acceptors (Lipinski definition) is 4. The number of fused-ring (bicyclic) bond motifs is 1. The first-order valence-corrected chi connectivity index (χ1v) is 12.1. The fourth-order valence-electron chi connectivity index (χ4n) is 4.76. The maximum absolute atomic E-state index is 13.0. The van der Waals surface area contributed by atoms with Gasteiger partial charge >= 0.3 is 0 Å². The van der Waals surface area contributed by atoms with Crippen LogP contribution >= 0.6 is 11.8 Å². The van der Waals surface area contributed by atoms with Gasteiger partial charge in [0.25, 0.3) is 0 Å². The summed E-state index contributed by atoms with van der Waals surface area (Å²) in [7, 11) is 0. The first-order chi connectivity index (χ1) is 14.7. The molecule has 0 saturated heterocycles. The number of benzene rings is 1. The summed E-state index contributed by atoms with van der Waals surface area (Å²) in [6.07, 6.45) is 11.3. The van der Waals surface area contributed by atoms with Crippen molar-refractivity contribution < 1.29 is 4.79 Å². The fourth-order valence-corrected chi connectivity index (χ4v) is 5.63. The number of rotatable bonds is 7. The molecule has 0 radical (unpaired) electrons. The van der Waals surface area contributed by atoms with Crippen molar-refractivity contribution in [3.8, 4) is 0 Å². The van der Waals surface area contributed by atoms with Crippen LogP contribution in [0.1, 0.15) is 80.8 Å². The van der Waals surface area contributed by atoms with E-state index in [0.717, 1.165) is 30.2 Å². The monoisotopic (exact) mass is 424 g/mol. The summed E-state index contributed by atoms with van der Waals surface area (Å²) in [5.74, 6) is 1.60. The minimum absolute atomic E-state index is 0.0640. The van der Waals surface area contributed by atoms with Gasteiger partial charge in [0.15, 0.2) is 5.16 Å². The van der Waals surface area contributed by atoms with Gasteiger partial charge in [0, 0.05) is 12.5 Å². The van der Waals surface area contributed by atoms with Gasteiger partial charge in [-0.05, 0) is 50.2 Å². The van der Waals surface area contributed by atoms with E-state index in [4.69, 9.17) is 0 Å². The third-order valence-electron chi connectivity index (χ3n) is 6.36. The van der Waals surface area contributed by atoms with Crippen LogP contribution in [0.5, 0.6) is 0 Å². The number of carbonyl (C=O) groups excluding carboxylic acids is 1.